The van der Waals surface area contributed by atoms with Gasteiger partial charge in [0, 0.05) is 19.8 Å². The lowest BCUT2D eigenvalue weighted by Gasteiger charge is -2.34. The lowest BCUT2D eigenvalue weighted by Crippen LogP contribution is -2.37. The monoisotopic (exact) mass is 197 g/mol. The third-order valence-corrected chi connectivity index (χ3v) is 3.73. The molecule has 2 fully saturated rings. The molecule has 0 unspecified atom stereocenters. The minimum atomic E-state index is 0.914. The van der Waals surface area contributed by atoms with Crippen LogP contribution in [0.2, 0.25) is 0 Å². The second-order valence-electron chi connectivity index (χ2n) is 5.04. The molecule has 0 aromatic carbocycles. The summed E-state index contributed by atoms with van der Waals surface area (Å²) in [6.07, 6.45) is 5.38. The lowest BCUT2D eigenvalue weighted by molar-refractivity contribution is 0.0473. The molecule has 2 aliphatic heterocycles. The molecule has 14 heavy (non-hydrogen) atoms. The van der Waals surface area contributed by atoms with Gasteiger partial charge in [0.05, 0.1) is 0 Å². The van der Waals surface area contributed by atoms with Gasteiger partial charge in [0.25, 0.3) is 0 Å². The third kappa shape index (κ3) is 2.96. The predicted molar refractivity (Wildman–Crippen MR) is 58.4 cm³/mol. The summed E-state index contributed by atoms with van der Waals surface area (Å²) in [6.45, 7) is 8.36. The van der Waals surface area contributed by atoms with Crippen molar-refractivity contribution in [3.63, 3.8) is 0 Å². The second-order valence-corrected chi connectivity index (χ2v) is 5.04. The van der Waals surface area contributed by atoms with Gasteiger partial charge in [-0.15, -0.1) is 0 Å². The molecule has 82 valence electrons. The van der Waals surface area contributed by atoms with Crippen LogP contribution in [-0.2, 0) is 4.74 Å². The van der Waals surface area contributed by atoms with Crippen LogP contribution in [0.1, 0.15) is 32.6 Å². The Hall–Kier alpha value is -0.0800. The van der Waals surface area contributed by atoms with Gasteiger partial charge >= 0.3 is 0 Å². The summed E-state index contributed by atoms with van der Waals surface area (Å²) in [7, 11) is 0. The first-order valence-corrected chi connectivity index (χ1v) is 6.14. The van der Waals surface area contributed by atoms with Crippen molar-refractivity contribution >= 4 is 0 Å². The maximum Gasteiger partial charge on any atom is 0.0469 e. The highest BCUT2D eigenvalue weighted by atomic mass is 16.5. The number of rotatable bonds is 2. The van der Waals surface area contributed by atoms with Gasteiger partial charge in [-0.3, -0.25) is 0 Å². The Labute approximate surface area is 87.6 Å². The minimum Gasteiger partial charge on any atom is -0.381 e. The largest absolute Gasteiger partial charge is 0.381 e. The summed E-state index contributed by atoms with van der Waals surface area (Å²) >= 11 is 0. The highest BCUT2D eigenvalue weighted by molar-refractivity contribution is 4.73. The van der Waals surface area contributed by atoms with Gasteiger partial charge in [-0.1, -0.05) is 6.92 Å². The summed E-state index contributed by atoms with van der Waals surface area (Å²) in [5, 5.41) is 0. The summed E-state index contributed by atoms with van der Waals surface area (Å²) in [5.74, 6) is 1.87. The van der Waals surface area contributed by atoms with E-state index in [-0.39, 0.29) is 0 Å². The number of ether oxygens (including phenoxy) is 1. The smallest absolute Gasteiger partial charge is 0.0469 e. The standard InChI is InChI=1S/C12H23NO/c1-11-2-6-13(7-3-11)10-12-4-8-14-9-5-12/h11-12H,2-10H2,1H3. The average molecular weight is 197 g/mol. The molecule has 2 rings (SSSR count). The van der Waals surface area contributed by atoms with Crippen molar-refractivity contribution in [2.75, 3.05) is 32.8 Å². The first-order chi connectivity index (χ1) is 6.84. The molecular weight excluding hydrogens is 174 g/mol. The predicted octanol–water partition coefficient (Wildman–Crippen LogP) is 2.14. The van der Waals surface area contributed by atoms with Gasteiger partial charge in [-0.2, -0.15) is 0 Å². The molecule has 0 amide bonds. The molecule has 0 N–H and O–H groups in total. The van der Waals surface area contributed by atoms with Crippen LogP contribution in [0.5, 0.6) is 0 Å². The van der Waals surface area contributed by atoms with Crippen LogP contribution in [0, 0.1) is 11.8 Å². The van der Waals surface area contributed by atoms with Gasteiger partial charge in [-0.25, -0.2) is 0 Å². The fourth-order valence-electron chi connectivity index (χ4n) is 2.54. The first kappa shape index (κ1) is 10.4. The Morgan fingerprint density at radius 2 is 1.71 bits per heavy atom. The van der Waals surface area contributed by atoms with E-state index >= 15 is 0 Å². The van der Waals surface area contributed by atoms with Gasteiger partial charge in [-0.05, 0) is 50.6 Å². The Balaban J connectivity index is 1.68. The Kier molecular flexibility index (Phi) is 3.82. The maximum absolute atomic E-state index is 5.39. The molecular formula is C12H23NO. The zero-order chi connectivity index (χ0) is 9.80. The number of piperidine rings is 1. The highest BCUT2D eigenvalue weighted by Gasteiger charge is 2.20. The van der Waals surface area contributed by atoms with Crippen molar-refractivity contribution in [1.82, 2.24) is 4.90 Å². The number of hydrogen-bond donors (Lipinski definition) is 0. The molecule has 0 aliphatic carbocycles. The van der Waals surface area contributed by atoms with Crippen LogP contribution in [0.3, 0.4) is 0 Å². The van der Waals surface area contributed by atoms with E-state index < -0.39 is 0 Å². The fourth-order valence-corrected chi connectivity index (χ4v) is 2.54. The molecule has 2 heteroatoms. The molecule has 2 nitrogen and oxygen atoms in total. The first-order valence-electron chi connectivity index (χ1n) is 6.14. The van der Waals surface area contributed by atoms with Gasteiger partial charge in [0.2, 0.25) is 0 Å². The van der Waals surface area contributed by atoms with Gasteiger partial charge < -0.3 is 9.64 Å². The third-order valence-electron chi connectivity index (χ3n) is 3.73. The van der Waals surface area contributed by atoms with E-state index in [1.54, 1.807) is 0 Å². The normalized spacial score (nSPS) is 28.1. The van der Waals surface area contributed by atoms with E-state index in [9.17, 15) is 0 Å². The van der Waals surface area contributed by atoms with E-state index in [0.717, 1.165) is 25.0 Å². The van der Waals surface area contributed by atoms with E-state index in [2.05, 4.69) is 11.8 Å². The second kappa shape index (κ2) is 5.13. The van der Waals surface area contributed by atoms with Crippen LogP contribution in [0.4, 0.5) is 0 Å². The van der Waals surface area contributed by atoms with E-state index in [4.69, 9.17) is 4.74 Å². The topological polar surface area (TPSA) is 12.5 Å². The Bertz CT molecular complexity index is 158. The molecule has 0 saturated carbocycles. The zero-order valence-electron chi connectivity index (χ0n) is 9.37. The van der Waals surface area contributed by atoms with Gasteiger partial charge in [0.15, 0.2) is 0 Å². The van der Waals surface area contributed by atoms with E-state index in [1.165, 1.54) is 45.3 Å². The Morgan fingerprint density at radius 1 is 1.07 bits per heavy atom. The van der Waals surface area contributed by atoms with Gasteiger partial charge in [0.1, 0.15) is 0 Å². The molecule has 2 saturated heterocycles. The van der Waals surface area contributed by atoms with Crippen LogP contribution in [0.25, 0.3) is 0 Å². The van der Waals surface area contributed by atoms with Crippen molar-refractivity contribution in [2.24, 2.45) is 11.8 Å². The maximum atomic E-state index is 5.39. The zero-order valence-corrected chi connectivity index (χ0v) is 9.37. The van der Waals surface area contributed by atoms with Crippen molar-refractivity contribution < 1.29 is 4.74 Å². The number of likely N-dealkylation sites (tertiary alicyclic amines) is 1. The summed E-state index contributed by atoms with van der Waals surface area (Å²) in [4.78, 5) is 2.66. The lowest BCUT2D eigenvalue weighted by atomic mass is 9.95. The highest BCUT2D eigenvalue weighted by Crippen LogP contribution is 2.20. The molecule has 0 radical (unpaired) electrons. The molecule has 0 bridgehead atoms. The van der Waals surface area contributed by atoms with Crippen molar-refractivity contribution in [3.05, 3.63) is 0 Å². The van der Waals surface area contributed by atoms with E-state index in [1.807, 2.05) is 0 Å². The fraction of sp³-hybridized carbons (Fsp3) is 1.00. The molecule has 2 aliphatic rings. The molecule has 0 atom stereocenters. The summed E-state index contributed by atoms with van der Waals surface area (Å²) in [5.41, 5.74) is 0. The number of nitrogens with zero attached hydrogens (tertiary/aromatic N) is 1. The summed E-state index contributed by atoms with van der Waals surface area (Å²) < 4.78 is 5.39. The van der Waals surface area contributed by atoms with Crippen LogP contribution >= 0.6 is 0 Å². The average Bonchev–Trinajstić information content (AvgIpc) is 2.23. The van der Waals surface area contributed by atoms with Crippen molar-refractivity contribution in [1.29, 1.82) is 0 Å². The minimum absolute atomic E-state index is 0.914. The number of hydrogen-bond acceptors (Lipinski definition) is 2. The summed E-state index contributed by atoms with van der Waals surface area (Å²) in [6, 6.07) is 0. The molecule has 0 spiro atoms. The molecule has 0 aromatic rings. The van der Waals surface area contributed by atoms with Crippen molar-refractivity contribution in [2.45, 2.75) is 32.6 Å². The van der Waals surface area contributed by atoms with Crippen LogP contribution in [-0.4, -0.2) is 37.7 Å². The SMILES string of the molecule is CC1CCN(CC2CCOCC2)CC1. The van der Waals surface area contributed by atoms with E-state index in [0.29, 0.717) is 0 Å². The quantitative estimate of drug-likeness (QED) is 0.672. The van der Waals surface area contributed by atoms with Crippen molar-refractivity contribution in [3.8, 4) is 0 Å². The molecule has 0 aromatic heterocycles. The van der Waals surface area contributed by atoms with Crippen LogP contribution < -0.4 is 0 Å². The Morgan fingerprint density at radius 3 is 2.36 bits per heavy atom. The molecule has 2 heterocycles. The van der Waals surface area contributed by atoms with Crippen LogP contribution in [0.15, 0.2) is 0 Å².